The minimum Gasteiger partial charge on any atom is -0.440 e. The van der Waals surface area contributed by atoms with Crippen molar-refractivity contribution >= 4 is 34.2 Å². The van der Waals surface area contributed by atoms with Gasteiger partial charge in [-0.25, -0.2) is 4.98 Å². The zero-order valence-electron chi connectivity index (χ0n) is 13.5. The number of oxazole rings is 1. The second-order valence-corrected chi connectivity index (χ2v) is 6.58. The predicted molar refractivity (Wildman–Crippen MR) is 99.4 cm³/mol. The summed E-state index contributed by atoms with van der Waals surface area (Å²) in [5, 5.41) is 3.25. The Balaban J connectivity index is 0.00000208. The highest BCUT2D eigenvalue weighted by atomic mass is 79.9. The molecule has 1 amide bonds. The molecule has 7 heteroatoms. The third-order valence-corrected chi connectivity index (χ3v) is 4.50. The Hall–Kier alpha value is -1.37. The number of aryl methyl sites for hydroxylation is 2. The minimum absolute atomic E-state index is 0. The molecule has 1 aromatic heterocycles. The van der Waals surface area contributed by atoms with Gasteiger partial charge in [0.25, 0.3) is 0 Å². The highest BCUT2D eigenvalue weighted by Crippen LogP contribution is 2.26. The first-order valence-corrected chi connectivity index (χ1v) is 8.63. The third kappa shape index (κ3) is 4.59. The lowest BCUT2D eigenvalue weighted by atomic mass is 10.1. The van der Waals surface area contributed by atoms with Crippen molar-refractivity contribution in [3.8, 4) is 11.3 Å². The van der Waals surface area contributed by atoms with E-state index in [0.717, 1.165) is 47.7 Å². The summed E-state index contributed by atoms with van der Waals surface area (Å²) in [6.07, 6.45) is 0.986. The Kier molecular flexibility index (Phi) is 6.83. The molecule has 0 bridgehead atoms. The molecule has 1 aliphatic rings. The van der Waals surface area contributed by atoms with Crippen LogP contribution in [0.4, 0.5) is 0 Å². The molecular weight excluding hydrogens is 394 g/mol. The van der Waals surface area contributed by atoms with E-state index >= 15 is 0 Å². The lowest BCUT2D eigenvalue weighted by molar-refractivity contribution is -0.131. The van der Waals surface area contributed by atoms with E-state index in [4.69, 9.17) is 4.42 Å². The average molecular weight is 415 g/mol. The van der Waals surface area contributed by atoms with Gasteiger partial charge >= 0.3 is 0 Å². The van der Waals surface area contributed by atoms with Crippen molar-refractivity contribution in [1.29, 1.82) is 0 Å². The fraction of sp³-hybridized carbons (Fsp3) is 0.412. The van der Waals surface area contributed by atoms with E-state index in [9.17, 15) is 4.79 Å². The number of aromatic nitrogens is 1. The van der Waals surface area contributed by atoms with Crippen LogP contribution >= 0.6 is 28.3 Å². The monoisotopic (exact) mass is 413 g/mol. The van der Waals surface area contributed by atoms with Crippen LogP contribution in [-0.2, 0) is 11.2 Å². The molecule has 0 radical (unpaired) electrons. The first-order chi connectivity index (χ1) is 11.1. The summed E-state index contributed by atoms with van der Waals surface area (Å²) in [6, 6.07) is 7.94. The molecule has 24 heavy (non-hydrogen) atoms. The van der Waals surface area contributed by atoms with Gasteiger partial charge in [-0.2, -0.15) is 0 Å². The van der Waals surface area contributed by atoms with Crippen LogP contribution in [0, 0.1) is 6.92 Å². The lowest BCUT2D eigenvalue weighted by Gasteiger charge is -2.27. The van der Waals surface area contributed by atoms with Gasteiger partial charge in [-0.1, -0.05) is 28.1 Å². The Bertz CT molecular complexity index is 682. The molecule has 0 aliphatic carbocycles. The van der Waals surface area contributed by atoms with Gasteiger partial charge in [0.1, 0.15) is 0 Å². The van der Waals surface area contributed by atoms with Crippen LogP contribution in [0.15, 0.2) is 33.2 Å². The van der Waals surface area contributed by atoms with Crippen LogP contribution in [-0.4, -0.2) is 42.0 Å². The molecule has 0 unspecified atom stereocenters. The fourth-order valence-corrected chi connectivity index (χ4v) is 2.98. The third-order valence-electron chi connectivity index (χ3n) is 3.97. The molecular formula is C17H21BrClN3O2. The van der Waals surface area contributed by atoms with E-state index in [1.807, 2.05) is 36.1 Å². The van der Waals surface area contributed by atoms with Crippen molar-refractivity contribution in [3.63, 3.8) is 0 Å². The van der Waals surface area contributed by atoms with Crippen LogP contribution in [0.1, 0.15) is 18.0 Å². The van der Waals surface area contributed by atoms with Crippen LogP contribution < -0.4 is 5.32 Å². The van der Waals surface area contributed by atoms with Crippen molar-refractivity contribution < 1.29 is 9.21 Å². The van der Waals surface area contributed by atoms with Crippen molar-refractivity contribution in [2.24, 2.45) is 0 Å². The highest BCUT2D eigenvalue weighted by Gasteiger charge is 2.18. The fourth-order valence-electron chi connectivity index (χ4n) is 2.71. The number of carbonyl (C=O) groups excluding carboxylic acids is 1. The van der Waals surface area contributed by atoms with Crippen molar-refractivity contribution in [2.75, 3.05) is 26.2 Å². The SMILES string of the molecule is Cc1nc(CCC(=O)N2CCNCC2)oc1-c1ccc(Br)cc1.Cl. The summed E-state index contributed by atoms with van der Waals surface area (Å²) in [6.45, 7) is 5.25. The molecule has 0 saturated carbocycles. The van der Waals surface area contributed by atoms with E-state index in [1.54, 1.807) is 0 Å². The van der Waals surface area contributed by atoms with Gasteiger partial charge in [-0.15, -0.1) is 12.4 Å². The minimum atomic E-state index is 0. The number of benzene rings is 1. The van der Waals surface area contributed by atoms with E-state index in [-0.39, 0.29) is 18.3 Å². The molecule has 5 nitrogen and oxygen atoms in total. The number of carbonyl (C=O) groups is 1. The smallest absolute Gasteiger partial charge is 0.223 e. The molecule has 2 heterocycles. The number of hydrogen-bond acceptors (Lipinski definition) is 4. The molecule has 0 spiro atoms. The second-order valence-electron chi connectivity index (χ2n) is 5.66. The van der Waals surface area contributed by atoms with Gasteiger partial charge in [-0.3, -0.25) is 4.79 Å². The van der Waals surface area contributed by atoms with E-state index in [1.165, 1.54) is 0 Å². The summed E-state index contributed by atoms with van der Waals surface area (Å²) in [5.41, 5.74) is 1.86. The van der Waals surface area contributed by atoms with Crippen molar-refractivity contribution in [2.45, 2.75) is 19.8 Å². The molecule has 1 aromatic carbocycles. The second kappa shape index (κ2) is 8.65. The summed E-state index contributed by atoms with van der Waals surface area (Å²) in [5.74, 6) is 1.58. The first-order valence-electron chi connectivity index (χ1n) is 7.84. The van der Waals surface area contributed by atoms with Crippen LogP contribution in [0.2, 0.25) is 0 Å². The number of piperazine rings is 1. The number of rotatable bonds is 4. The molecule has 1 N–H and O–H groups in total. The number of nitrogens with one attached hydrogen (secondary N) is 1. The molecule has 130 valence electrons. The average Bonchev–Trinajstić information content (AvgIpc) is 2.95. The Labute approximate surface area is 156 Å². The molecule has 1 fully saturated rings. The maximum Gasteiger partial charge on any atom is 0.223 e. The predicted octanol–water partition coefficient (Wildman–Crippen LogP) is 3.20. The standard InChI is InChI=1S/C17H20BrN3O2.ClH/c1-12-17(13-2-4-14(18)5-3-13)23-15(20-12)6-7-16(22)21-10-8-19-9-11-21;/h2-5,19H,6-11H2,1H3;1H. The van der Waals surface area contributed by atoms with Crippen LogP contribution in [0.25, 0.3) is 11.3 Å². The van der Waals surface area contributed by atoms with Crippen molar-refractivity contribution in [3.05, 3.63) is 40.3 Å². The van der Waals surface area contributed by atoms with Gasteiger partial charge in [0.05, 0.1) is 5.69 Å². The molecule has 3 rings (SSSR count). The van der Waals surface area contributed by atoms with Crippen LogP contribution in [0.3, 0.4) is 0 Å². The van der Waals surface area contributed by atoms with E-state index in [2.05, 4.69) is 26.2 Å². The molecule has 2 aromatic rings. The largest absolute Gasteiger partial charge is 0.440 e. The maximum absolute atomic E-state index is 12.2. The van der Waals surface area contributed by atoms with E-state index in [0.29, 0.717) is 18.7 Å². The normalized spacial score (nSPS) is 14.3. The molecule has 1 aliphatic heterocycles. The maximum atomic E-state index is 12.2. The van der Waals surface area contributed by atoms with Gasteiger partial charge < -0.3 is 14.6 Å². The Morgan fingerprint density at radius 3 is 2.62 bits per heavy atom. The molecule has 1 saturated heterocycles. The summed E-state index contributed by atoms with van der Waals surface area (Å²) in [4.78, 5) is 18.6. The first kappa shape index (κ1) is 19.0. The zero-order valence-corrected chi connectivity index (χ0v) is 16.0. The van der Waals surface area contributed by atoms with Crippen LogP contribution in [0.5, 0.6) is 0 Å². The molecule has 0 atom stereocenters. The van der Waals surface area contributed by atoms with Gasteiger partial charge in [-0.05, 0) is 19.1 Å². The van der Waals surface area contributed by atoms with E-state index < -0.39 is 0 Å². The summed E-state index contributed by atoms with van der Waals surface area (Å²) >= 11 is 3.43. The van der Waals surface area contributed by atoms with Gasteiger partial charge in [0.15, 0.2) is 11.7 Å². The van der Waals surface area contributed by atoms with Crippen molar-refractivity contribution in [1.82, 2.24) is 15.2 Å². The quantitative estimate of drug-likeness (QED) is 0.835. The lowest BCUT2D eigenvalue weighted by Crippen LogP contribution is -2.46. The van der Waals surface area contributed by atoms with Gasteiger partial charge in [0.2, 0.25) is 5.91 Å². The Morgan fingerprint density at radius 1 is 1.29 bits per heavy atom. The summed E-state index contributed by atoms with van der Waals surface area (Å²) in [7, 11) is 0. The topological polar surface area (TPSA) is 58.4 Å². The number of nitrogens with zero attached hydrogens (tertiary/aromatic N) is 2. The number of hydrogen-bond donors (Lipinski definition) is 1. The number of amides is 1. The Morgan fingerprint density at radius 2 is 1.96 bits per heavy atom. The van der Waals surface area contributed by atoms with Gasteiger partial charge in [0, 0.05) is 49.1 Å². The number of halogens is 2. The summed E-state index contributed by atoms with van der Waals surface area (Å²) < 4.78 is 6.90. The zero-order chi connectivity index (χ0) is 16.2. The highest BCUT2D eigenvalue weighted by molar-refractivity contribution is 9.10.